The molecule has 1 aromatic rings. The van der Waals surface area contributed by atoms with Crippen LogP contribution in [0, 0.1) is 0 Å². The van der Waals surface area contributed by atoms with Crippen molar-refractivity contribution in [2.24, 2.45) is 0 Å². The van der Waals surface area contributed by atoms with Gasteiger partial charge in [0.25, 0.3) is 0 Å². The molecule has 0 N–H and O–H groups in total. The molecule has 0 saturated heterocycles. The van der Waals surface area contributed by atoms with Gasteiger partial charge in [0.1, 0.15) is 5.75 Å². The molecule has 0 saturated carbocycles. The fourth-order valence-corrected chi connectivity index (χ4v) is 3.36. The Bertz CT molecular complexity index is 646. The van der Waals surface area contributed by atoms with Crippen LogP contribution in [-0.2, 0) is 30.5 Å². The maximum absolute atomic E-state index is 11.1. The van der Waals surface area contributed by atoms with Gasteiger partial charge in [0, 0.05) is 13.2 Å². The number of aryl methyl sites for hydroxylation is 1. The maximum Gasteiger partial charge on any atom is 1.00 e. The summed E-state index contributed by atoms with van der Waals surface area (Å²) >= 11 is 0. The van der Waals surface area contributed by atoms with Crippen molar-refractivity contribution < 1.29 is 60.9 Å². The zero-order valence-corrected chi connectivity index (χ0v) is 21.0. The van der Waals surface area contributed by atoms with Gasteiger partial charge in [-0.25, -0.2) is 12.6 Å². The van der Waals surface area contributed by atoms with Gasteiger partial charge in [0.2, 0.25) is 10.4 Å². The monoisotopic (exact) mass is 440 g/mol. The molecule has 29 heavy (non-hydrogen) atoms. The van der Waals surface area contributed by atoms with Gasteiger partial charge >= 0.3 is 35.5 Å². The van der Waals surface area contributed by atoms with E-state index in [9.17, 15) is 13.0 Å². The number of unbranched alkanes of at least 4 members (excludes halogenated alkanes) is 5. The van der Waals surface area contributed by atoms with Crippen molar-refractivity contribution in [2.45, 2.75) is 71.7 Å². The van der Waals surface area contributed by atoms with Crippen molar-refractivity contribution in [3.63, 3.8) is 0 Å². The Labute approximate surface area is 197 Å². The molecular formula is C20H33NaO7S. The van der Waals surface area contributed by atoms with Crippen molar-refractivity contribution in [3.05, 3.63) is 29.8 Å². The van der Waals surface area contributed by atoms with E-state index in [2.05, 4.69) is 11.1 Å². The number of hydrogen-bond acceptors (Lipinski definition) is 7. The number of hydrogen-bond donors (Lipinski definition) is 0. The molecule has 0 bridgehead atoms. The zero-order chi connectivity index (χ0) is 20.9. The van der Waals surface area contributed by atoms with Crippen LogP contribution in [0.15, 0.2) is 24.3 Å². The molecule has 0 unspecified atom stereocenters. The number of ether oxygens (including phenoxy) is 3. The first-order valence-electron chi connectivity index (χ1n) is 10.0. The first-order valence-corrected chi connectivity index (χ1v) is 11.3. The van der Waals surface area contributed by atoms with Gasteiger partial charge < -0.3 is 18.8 Å². The molecule has 0 radical (unpaired) electrons. The predicted molar refractivity (Wildman–Crippen MR) is 106 cm³/mol. The smallest absolute Gasteiger partial charge is 0.725 e. The molecule has 1 rings (SSSR count). The Morgan fingerprint density at radius 1 is 0.931 bits per heavy atom. The molecule has 0 aromatic heterocycles. The number of rotatable bonds is 16. The fraction of sp³-hybridized carbons (Fsp3) is 0.700. The van der Waals surface area contributed by atoms with Crippen molar-refractivity contribution in [2.75, 3.05) is 19.8 Å². The van der Waals surface area contributed by atoms with E-state index in [0.717, 1.165) is 24.8 Å². The van der Waals surface area contributed by atoms with E-state index in [-0.39, 0.29) is 49.4 Å². The molecule has 0 aliphatic carbocycles. The average Bonchev–Trinajstić information content (AvgIpc) is 2.63. The summed E-state index contributed by atoms with van der Waals surface area (Å²) in [7, 11) is -5.05. The molecular weight excluding hydrogens is 407 g/mol. The van der Waals surface area contributed by atoms with Crippen LogP contribution in [0.4, 0.5) is 0 Å². The van der Waals surface area contributed by atoms with E-state index in [1.54, 1.807) is 19.9 Å². The molecule has 7 nitrogen and oxygen atoms in total. The summed E-state index contributed by atoms with van der Waals surface area (Å²) in [4.78, 5) is 0. The largest absolute Gasteiger partial charge is 1.00 e. The minimum atomic E-state index is -5.05. The Hall–Kier alpha value is -0.190. The normalized spacial score (nSPS) is 11.9. The van der Waals surface area contributed by atoms with Gasteiger partial charge in [-0.2, -0.15) is 0 Å². The van der Waals surface area contributed by atoms with Crippen LogP contribution in [0.1, 0.15) is 64.9 Å². The van der Waals surface area contributed by atoms with Crippen molar-refractivity contribution in [1.29, 1.82) is 0 Å². The Kier molecular flexibility index (Phi) is 15.5. The number of para-hydroxylation sites is 1. The Morgan fingerprint density at radius 3 is 2.10 bits per heavy atom. The third-order valence-corrected chi connectivity index (χ3v) is 4.59. The molecule has 0 spiro atoms. The van der Waals surface area contributed by atoms with E-state index in [1.807, 2.05) is 18.2 Å². The number of benzene rings is 1. The molecule has 162 valence electrons. The first kappa shape index (κ1) is 28.8. The predicted octanol–water partition coefficient (Wildman–Crippen LogP) is 1.18. The molecule has 9 heteroatoms. The zero-order valence-electron chi connectivity index (χ0n) is 18.1. The molecule has 0 aliphatic rings. The second kappa shape index (κ2) is 15.6. The second-order valence-electron chi connectivity index (χ2n) is 6.45. The van der Waals surface area contributed by atoms with Gasteiger partial charge in [0.05, 0.1) is 0 Å². The van der Waals surface area contributed by atoms with Crippen LogP contribution in [0.5, 0.6) is 5.75 Å². The molecule has 1 aromatic carbocycles. The Morgan fingerprint density at radius 2 is 1.52 bits per heavy atom. The van der Waals surface area contributed by atoms with Crippen LogP contribution < -0.4 is 34.3 Å². The van der Waals surface area contributed by atoms with Crippen molar-refractivity contribution >= 4 is 10.4 Å². The van der Waals surface area contributed by atoms with E-state index >= 15 is 0 Å². The average molecular weight is 441 g/mol. The maximum atomic E-state index is 11.1. The van der Waals surface area contributed by atoms with Gasteiger partial charge in [-0.1, -0.05) is 57.2 Å². The van der Waals surface area contributed by atoms with Gasteiger partial charge in [0.15, 0.2) is 6.61 Å². The second-order valence-corrected chi connectivity index (χ2v) is 7.44. The van der Waals surface area contributed by atoms with Crippen LogP contribution in [0.3, 0.4) is 0 Å². The molecule has 0 atom stereocenters. The van der Waals surface area contributed by atoms with E-state index in [0.29, 0.717) is 5.75 Å². The summed E-state index contributed by atoms with van der Waals surface area (Å²) in [6.07, 6.45) is 7.98. The van der Waals surface area contributed by atoms with Gasteiger partial charge in [-0.05, 0) is 38.3 Å². The molecule has 0 fully saturated rings. The molecule has 0 aliphatic heterocycles. The Balaban J connectivity index is 0.00000784. The summed E-state index contributed by atoms with van der Waals surface area (Å²) in [5.41, 5.74) is 1.00. The summed E-state index contributed by atoms with van der Waals surface area (Å²) in [5, 5.41) is 0. The molecule has 0 heterocycles. The van der Waals surface area contributed by atoms with Gasteiger partial charge in [-0.15, -0.1) is 0 Å². The summed E-state index contributed by atoms with van der Waals surface area (Å²) in [5.74, 6) is -1.51. The van der Waals surface area contributed by atoms with Crippen molar-refractivity contribution in [3.8, 4) is 5.75 Å². The quantitative estimate of drug-likeness (QED) is 0.125. The van der Waals surface area contributed by atoms with E-state index in [1.165, 1.54) is 25.7 Å². The summed E-state index contributed by atoms with van der Waals surface area (Å²) < 4.78 is 54.3. The van der Waals surface area contributed by atoms with Gasteiger partial charge in [-0.3, -0.25) is 0 Å². The summed E-state index contributed by atoms with van der Waals surface area (Å²) in [6.45, 7) is 5.25. The molecule has 0 amide bonds. The van der Waals surface area contributed by atoms with E-state index in [4.69, 9.17) is 14.2 Å². The van der Waals surface area contributed by atoms with Crippen LogP contribution in [-0.4, -0.2) is 38.8 Å². The minimum Gasteiger partial charge on any atom is -0.725 e. The standard InChI is InChI=1S/C20H34O7S.Na/c1-4-7-8-9-10-11-14-18-15-12-13-16-19(18)24-17-20(25-5-2,26-6-3)27-28(21,22)23;/h12-13,15-16H,4-11,14,17H2,1-3H3,(H,21,22,23);/q;+1/p-1. The van der Waals surface area contributed by atoms with Crippen LogP contribution >= 0.6 is 0 Å². The summed E-state index contributed by atoms with van der Waals surface area (Å²) in [6, 6.07) is 7.51. The first-order chi connectivity index (χ1) is 13.4. The SMILES string of the molecule is CCCCCCCCc1ccccc1OCC(OCC)(OCC)OS(=O)(=O)[O-].[Na+]. The minimum absolute atomic E-state index is 0. The third kappa shape index (κ3) is 12.3. The fourth-order valence-electron chi connectivity index (χ4n) is 2.91. The van der Waals surface area contributed by atoms with E-state index < -0.39 is 16.4 Å². The van der Waals surface area contributed by atoms with Crippen LogP contribution in [0.25, 0.3) is 0 Å². The van der Waals surface area contributed by atoms with Crippen molar-refractivity contribution in [1.82, 2.24) is 0 Å². The van der Waals surface area contributed by atoms with Crippen LogP contribution in [0.2, 0.25) is 0 Å². The topological polar surface area (TPSA) is 94.1 Å². The third-order valence-electron chi connectivity index (χ3n) is 4.13.